The van der Waals surface area contributed by atoms with Gasteiger partial charge in [-0.05, 0) is 42.0 Å². The van der Waals surface area contributed by atoms with Gasteiger partial charge in [0.15, 0.2) is 5.78 Å². The van der Waals surface area contributed by atoms with Crippen molar-refractivity contribution in [3.8, 4) is 0 Å². The van der Waals surface area contributed by atoms with Gasteiger partial charge in [0, 0.05) is 27.8 Å². The summed E-state index contributed by atoms with van der Waals surface area (Å²) in [6.45, 7) is 1.30. The SMILES string of the molecule is CC(=O)ON=Cc1ccc(Sc2ccc(C(=O)c3ccccc3)cc2)cc1. The maximum Gasteiger partial charge on any atom is 0.331 e. The molecular formula is C22H17NO3S. The normalized spacial score (nSPS) is 10.7. The fourth-order valence-corrected chi connectivity index (χ4v) is 3.17. The van der Waals surface area contributed by atoms with Crippen LogP contribution in [0.25, 0.3) is 0 Å². The molecule has 0 radical (unpaired) electrons. The second-order valence-corrected chi connectivity index (χ2v) is 6.85. The molecule has 0 aliphatic carbocycles. The first-order valence-electron chi connectivity index (χ1n) is 8.30. The summed E-state index contributed by atoms with van der Waals surface area (Å²) in [5, 5.41) is 3.59. The number of ketones is 1. The standard InChI is InChI=1S/C22H17NO3S/c1-16(24)26-23-15-17-7-11-20(12-8-17)27-21-13-9-19(10-14-21)22(25)18-5-3-2-4-6-18/h2-15H,1H3. The Bertz CT molecular complexity index is 949. The van der Waals surface area contributed by atoms with Crippen molar-refractivity contribution in [1.29, 1.82) is 0 Å². The predicted octanol–water partition coefficient (Wildman–Crippen LogP) is 4.97. The number of nitrogens with zero attached hydrogens (tertiary/aromatic N) is 1. The van der Waals surface area contributed by atoms with Crippen LogP contribution in [0.3, 0.4) is 0 Å². The van der Waals surface area contributed by atoms with Crippen molar-refractivity contribution in [3.05, 3.63) is 95.6 Å². The van der Waals surface area contributed by atoms with E-state index in [1.807, 2.05) is 78.9 Å². The molecule has 0 fully saturated rings. The molecule has 5 heteroatoms. The third-order valence-corrected chi connectivity index (χ3v) is 4.67. The minimum absolute atomic E-state index is 0.0172. The third kappa shape index (κ3) is 5.39. The van der Waals surface area contributed by atoms with E-state index in [1.165, 1.54) is 13.1 Å². The molecule has 27 heavy (non-hydrogen) atoms. The molecule has 3 aromatic carbocycles. The van der Waals surface area contributed by atoms with E-state index < -0.39 is 5.97 Å². The van der Waals surface area contributed by atoms with Crippen molar-refractivity contribution in [3.63, 3.8) is 0 Å². The first-order chi connectivity index (χ1) is 13.1. The Labute approximate surface area is 161 Å². The van der Waals surface area contributed by atoms with Crippen LogP contribution >= 0.6 is 11.8 Å². The molecule has 0 saturated heterocycles. The molecule has 3 aromatic rings. The summed E-state index contributed by atoms with van der Waals surface area (Å²) in [4.78, 5) is 29.7. The lowest BCUT2D eigenvalue weighted by Gasteiger charge is -2.05. The zero-order valence-corrected chi connectivity index (χ0v) is 15.5. The summed E-state index contributed by atoms with van der Waals surface area (Å²) < 4.78 is 0. The zero-order valence-electron chi connectivity index (χ0n) is 14.7. The molecule has 0 aromatic heterocycles. The Morgan fingerprint density at radius 2 is 1.37 bits per heavy atom. The maximum absolute atomic E-state index is 12.4. The molecule has 3 rings (SSSR count). The Kier molecular flexibility index (Phi) is 6.18. The Hall–Kier alpha value is -3.18. The van der Waals surface area contributed by atoms with Gasteiger partial charge in [-0.25, -0.2) is 4.79 Å². The van der Waals surface area contributed by atoms with Crippen LogP contribution in [0.5, 0.6) is 0 Å². The van der Waals surface area contributed by atoms with Crippen LogP contribution in [0.15, 0.2) is 93.8 Å². The number of carbonyl (C=O) groups excluding carboxylic acids is 2. The van der Waals surface area contributed by atoms with Crippen molar-refractivity contribution in [2.45, 2.75) is 16.7 Å². The molecule has 0 N–H and O–H groups in total. The van der Waals surface area contributed by atoms with E-state index in [9.17, 15) is 9.59 Å². The van der Waals surface area contributed by atoms with E-state index >= 15 is 0 Å². The highest BCUT2D eigenvalue weighted by Gasteiger charge is 2.08. The van der Waals surface area contributed by atoms with E-state index in [4.69, 9.17) is 0 Å². The first-order valence-corrected chi connectivity index (χ1v) is 9.12. The van der Waals surface area contributed by atoms with Gasteiger partial charge >= 0.3 is 5.97 Å². The number of rotatable bonds is 6. The zero-order chi connectivity index (χ0) is 19.1. The molecule has 0 aliphatic rings. The second kappa shape index (κ2) is 8.96. The quantitative estimate of drug-likeness (QED) is 0.264. The lowest BCUT2D eigenvalue weighted by atomic mass is 10.0. The van der Waals surface area contributed by atoms with Crippen molar-refractivity contribution in [2.24, 2.45) is 5.16 Å². The summed E-state index contributed by atoms with van der Waals surface area (Å²) in [6.07, 6.45) is 1.49. The molecule has 0 aliphatic heterocycles. The highest BCUT2D eigenvalue weighted by atomic mass is 32.2. The Balaban J connectivity index is 1.64. The molecule has 0 unspecified atom stereocenters. The Morgan fingerprint density at radius 1 is 0.815 bits per heavy atom. The van der Waals surface area contributed by atoms with Crippen LogP contribution in [0.1, 0.15) is 28.4 Å². The second-order valence-electron chi connectivity index (χ2n) is 5.71. The summed E-state index contributed by atoms with van der Waals surface area (Å²) >= 11 is 1.60. The van der Waals surface area contributed by atoms with Crippen molar-refractivity contribution >= 4 is 29.7 Å². The van der Waals surface area contributed by atoms with E-state index in [-0.39, 0.29) is 5.78 Å². The monoisotopic (exact) mass is 375 g/mol. The van der Waals surface area contributed by atoms with Gasteiger partial charge in [-0.1, -0.05) is 59.4 Å². The van der Waals surface area contributed by atoms with Gasteiger partial charge in [0.05, 0.1) is 6.21 Å². The third-order valence-electron chi connectivity index (χ3n) is 3.65. The molecule has 0 spiro atoms. The van der Waals surface area contributed by atoms with Crippen LogP contribution in [-0.4, -0.2) is 18.0 Å². The molecule has 0 saturated carbocycles. The van der Waals surface area contributed by atoms with Gasteiger partial charge in [-0.3, -0.25) is 4.79 Å². The number of hydrogen-bond donors (Lipinski definition) is 0. The van der Waals surface area contributed by atoms with Crippen LogP contribution in [-0.2, 0) is 9.63 Å². The minimum atomic E-state index is -0.451. The summed E-state index contributed by atoms with van der Waals surface area (Å²) in [5.41, 5.74) is 2.19. The number of benzene rings is 3. The van der Waals surface area contributed by atoms with Crippen LogP contribution in [0.2, 0.25) is 0 Å². The van der Waals surface area contributed by atoms with E-state index in [0.717, 1.165) is 15.4 Å². The molecule has 0 atom stereocenters. The number of oxime groups is 1. The first kappa shape index (κ1) is 18.6. The average Bonchev–Trinajstić information content (AvgIpc) is 2.70. The van der Waals surface area contributed by atoms with Crippen molar-refractivity contribution in [2.75, 3.05) is 0 Å². The number of carbonyl (C=O) groups is 2. The average molecular weight is 375 g/mol. The van der Waals surface area contributed by atoms with Gasteiger partial charge in [-0.15, -0.1) is 0 Å². The van der Waals surface area contributed by atoms with Gasteiger partial charge in [-0.2, -0.15) is 0 Å². The molecule has 134 valence electrons. The molecule has 0 bridgehead atoms. The van der Waals surface area contributed by atoms with Gasteiger partial charge in [0.2, 0.25) is 0 Å². The van der Waals surface area contributed by atoms with Gasteiger partial charge < -0.3 is 4.84 Å². The molecule has 0 heterocycles. The molecular weight excluding hydrogens is 358 g/mol. The van der Waals surface area contributed by atoms with Crippen molar-refractivity contribution in [1.82, 2.24) is 0 Å². The highest BCUT2D eigenvalue weighted by Crippen LogP contribution is 2.28. The summed E-state index contributed by atoms with van der Waals surface area (Å²) in [7, 11) is 0. The fraction of sp³-hybridized carbons (Fsp3) is 0.0455. The maximum atomic E-state index is 12.4. The molecule has 0 amide bonds. The minimum Gasteiger partial charge on any atom is -0.319 e. The van der Waals surface area contributed by atoms with E-state index in [0.29, 0.717) is 11.1 Å². The van der Waals surface area contributed by atoms with Crippen molar-refractivity contribution < 1.29 is 14.4 Å². The summed E-state index contributed by atoms with van der Waals surface area (Å²) in [6, 6.07) is 24.5. The van der Waals surface area contributed by atoms with Crippen LogP contribution < -0.4 is 0 Å². The molecule has 4 nitrogen and oxygen atoms in total. The predicted molar refractivity (Wildman–Crippen MR) is 106 cm³/mol. The summed E-state index contributed by atoms with van der Waals surface area (Å²) in [5.74, 6) is -0.434. The van der Waals surface area contributed by atoms with Crippen LogP contribution in [0.4, 0.5) is 0 Å². The number of hydrogen-bond acceptors (Lipinski definition) is 5. The smallest absolute Gasteiger partial charge is 0.319 e. The Morgan fingerprint density at radius 3 is 1.96 bits per heavy atom. The lowest BCUT2D eigenvalue weighted by Crippen LogP contribution is -2.00. The fourth-order valence-electron chi connectivity index (χ4n) is 2.35. The van der Waals surface area contributed by atoms with Gasteiger partial charge in [0.25, 0.3) is 0 Å². The van der Waals surface area contributed by atoms with Crippen LogP contribution in [0, 0.1) is 0 Å². The van der Waals surface area contributed by atoms with Gasteiger partial charge in [0.1, 0.15) is 0 Å². The van der Waals surface area contributed by atoms with E-state index in [1.54, 1.807) is 11.8 Å². The lowest BCUT2D eigenvalue weighted by molar-refractivity contribution is -0.140. The topological polar surface area (TPSA) is 55.7 Å². The largest absolute Gasteiger partial charge is 0.331 e. The highest BCUT2D eigenvalue weighted by molar-refractivity contribution is 7.99. The van der Waals surface area contributed by atoms with E-state index in [2.05, 4.69) is 9.99 Å².